The van der Waals surface area contributed by atoms with E-state index in [-0.39, 0.29) is 42.6 Å². The third kappa shape index (κ3) is 5.40. The standard InChI is InChI=1S/C26H34O12/c1-34-18-7-13(3-5-16(18)29)9-26(33)12-36-24(15(26)10-27)14-4-6-17(19(8-14)35-2)37-25-23(32)22(31)21(30)20(11-28)38-25/h3-8,15,20-25,27-33H,9-12H2,1-2H3/t15-,20-,21-,22+,23-,24+,25-,26-/m1/s1. The van der Waals surface area contributed by atoms with Crippen molar-refractivity contribution in [3.05, 3.63) is 47.5 Å². The van der Waals surface area contributed by atoms with Crippen LogP contribution in [0.5, 0.6) is 23.0 Å². The first-order valence-electron chi connectivity index (χ1n) is 12.1. The number of rotatable bonds is 9. The third-order valence-corrected chi connectivity index (χ3v) is 7.13. The molecule has 12 heteroatoms. The SMILES string of the molecule is COc1cc(C[C@@]2(O)CO[C@@H](c3ccc(O[C@@H]4O[C@H](CO)[C@@H](O)[C@H](O)[C@H]4O)c(OC)c3)[C@H]2CO)ccc1O. The van der Waals surface area contributed by atoms with Crippen LogP contribution in [-0.4, -0.2) is 106 Å². The first-order valence-corrected chi connectivity index (χ1v) is 12.1. The molecule has 2 aliphatic rings. The number of ether oxygens (including phenoxy) is 5. The van der Waals surface area contributed by atoms with Gasteiger partial charge in [0.2, 0.25) is 6.29 Å². The lowest BCUT2D eigenvalue weighted by molar-refractivity contribution is -0.277. The monoisotopic (exact) mass is 538 g/mol. The molecule has 0 aromatic heterocycles. The van der Waals surface area contributed by atoms with Crippen LogP contribution >= 0.6 is 0 Å². The van der Waals surface area contributed by atoms with Crippen molar-refractivity contribution in [1.29, 1.82) is 0 Å². The molecule has 0 radical (unpaired) electrons. The van der Waals surface area contributed by atoms with Crippen molar-refractivity contribution >= 4 is 0 Å². The second kappa shape index (κ2) is 11.6. The number of methoxy groups -OCH3 is 2. The predicted octanol–water partition coefficient (Wildman–Crippen LogP) is -0.758. The van der Waals surface area contributed by atoms with Gasteiger partial charge in [-0.05, 0) is 35.4 Å². The highest BCUT2D eigenvalue weighted by molar-refractivity contribution is 5.45. The van der Waals surface area contributed by atoms with Gasteiger partial charge in [-0.15, -0.1) is 0 Å². The van der Waals surface area contributed by atoms with Crippen LogP contribution in [0.3, 0.4) is 0 Å². The van der Waals surface area contributed by atoms with Crippen molar-refractivity contribution in [1.82, 2.24) is 0 Å². The number of aromatic hydroxyl groups is 1. The quantitative estimate of drug-likeness (QED) is 0.212. The molecule has 210 valence electrons. The van der Waals surface area contributed by atoms with E-state index in [1.54, 1.807) is 24.3 Å². The molecule has 2 fully saturated rings. The van der Waals surface area contributed by atoms with Gasteiger partial charge >= 0.3 is 0 Å². The lowest BCUT2D eigenvalue weighted by Gasteiger charge is -2.39. The average molecular weight is 539 g/mol. The van der Waals surface area contributed by atoms with Gasteiger partial charge in [-0.2, -0.15) is 0 Å². The maximum Gasteiger partial charge on any atom is 0.229 e. The van der Waals surface area contributed by atoms with Gasteiger partial charge in [0.25, 0.3) is 0 Å². The van der Waals surface area contributed by atoms with Gasteiger partial charge in [-0.3, -0.25) is 0 Å². The van der Waals surface area contributed by atoms with E-state index in [0.717, 1.165) is 0 Å². The number of phenols is 1. The maximum atomic E-state index is 11.4. The van der Waals surface area contributed by atoms with Crippen molar-refractivity contribution < 1.29 is 59.4 Å². The Bertz CT molecular complexity index is 1090. The molecule has 2 heterocycles. The van der Waals surface area contributed by atoms with Crippen LogP contribution in [0.4, 0.5) is 0 Å². The highest BCUT2D eigenvalue weighted by Gasteiger charge is 2.49. The number of phenolic OH excluding ortho intramolecular Hbond substituents is 1. The van der Waals surface area contributed by atoms with Gasteiger partial charge in [0.15, 0.2) is 23.0 Å². The molecule has 0 bridgehead atoms. The Morgan fingerprint density at radius 1 is 0.895 bits per heavy atom. The second-order valence-corrected chi connectivity index (χ2v) is 9.53. The molecule has 4 rings (SSSR count). The summed E-state index contributed by atoms with van der Waals surface area (Å²) in [5.41, 5.74) is -0.146. The molecule has 8 atom stereocenters. The van der Waals surface area contributed by atoms with Crippen molar-refractivity contribution in [2.45, 2.75) is 48.8 Å². The van der Waals surface area contributed by atoms with E-state index in [2.05, 4.69) is 0 Å². The molecule has 12 nitrogen and oxygen atoms in total. The highest BCUT2D eigenvalue weighted by Crippen LogP contribution is 2.45. The van der Waals surface area contributed by atoms with E-state index >= 15 is 0 Å². The van der Waals surface area contributed by atoms with Gasteiger partial charge in [-0.1, -0.05) is 12.1 Å². The molecule has 0 amide bonds. The summed E-state index contributed by atoms with van der Waals surface area (Å²) >= 11 is 0. The Morgan fingerprint density at radius 3 is 2.29 bits per heavy atom. The van der Waals surface area contributed by atoms with Crippen LogP contribution in [0, 0.1) is 5.92 Å². The topological polar surface area (TPSA) is 188 Å². The van der Waals surface area contributed by atoms with Gasteiger partial charge in [0.05, 0.1) is 45.7 Å². The molecular formula is C26H34O12. The van der Waals surface area contributed by atoms with Crippen molar-refractivity contribution in [2.24, 2.45) is 5.92 Å². The minimum Gasteiger partial charge on any atom is -0.504 e. The van der Waals surface area contributed by atoms with Crippen LogP contribution in [0.2, 0.25) is 0 Å². The van der Waals surface area contributed by atoms with Gasteiger partial charge in [0, 0.05) is 12.3 Å². The average Bonchev–Trinajstić information content (AvgIpc) is 3.25. The summed E-state index contributed by atoms with van der Waals surface area (Å²) in [6.45, 7) is -1.03. The van der Waals surface area contributed by atoms with E-state index in [1.165, 1.54) is 26.4 Å². The summed E-state index contributed by atoms with van der Waals surface area (Å²) in [6.07, 6.45) is -7.80. The summed E-state index contributed by atoms with van der Waals surface area (Å²) < 4.78 is 27.6. The van der Waals surface area contributed by atoms with Gasteiger partial charge in [-0.25, -0.2) is 0 Å². The van der Waals surface area contributed by atoms with Crippen molar-refractivity contribution in [3.8, 4) is 23.0 Å². The minimum atomic E-state index is -1.60. The molecule has 2 aromatic carbocycles. The Kier molecular flexibility index (Phi) is 8.65. The second-order valence-electron chi connectivity index (χ2n) is 9.53. The largest absolute Gasteiger partial charge is 0.504 e. The molecule has 0 aliphatic carbocycles. The summed E-state index contributed by atoms with van der Waals surface area (Å²) in [4.78, 5) is 0. The van der Waals surface area contributed by atoms with E-state index in [0.29, 0.717) is 11.1 Å². The van der Waals surface area contributed by atoms with Crippen LogP contribution < -0.4 is 14.2 Å². The lowest BCUT2D eigenvalue weighted by atomic mass is 9.80. The zero-order chi connectivity index (χ0) is 27.6. The van der Waals surface area contributed by atoms with Crippen LogP contribution in [0.25, 0.3) is 0 Å². The fourth-order valence-corrected chi connectivity index (χ4v) is 4.95. The Morgan fingerprint density at radius 2 is 1.63 bits per heavy atom. The Hall–Kier alpha value is -2.68. The molecule has 0 unspecified atom stereocenters. The van der Waals surface area contributed by atoms with Crippen LogP contribution in [0.1, 0.15) is 17.2 Å². The zero-order valence-corrected chi connectivity index (χ0v) is 21.0. The van der Waals surface area contributed by atoms with Crippen molar-refractivity contribution in [3.63, 3.8) is 0 Å². The maximum absolute atomic E-state index is 11.4. The highest BCUT2D eigenvalue weighted by atomic mass is 16.7. The first kappa shape index (κ1) is 28.3. The molecule has 2 aliphatic heterocycles. The predicted molar refractivity (Wildman–Crippen MR) is 130 cm³/mol. The molecule has 0 spiro atoms. The fourth-order valence-electron chi connectivity index (χ4n) is 4.95. The minimum absolute atomic E-state index is 0.0272. The van der Waals surface area contributed by atoms with Crippen LogP contribution in [0.15, 0.2) is 36.4 Å². The van der Waals surface area contributed by atoms with E-state index in [1.807, 2.05) is 0 Å². The fraction of sp³-hybridized carbons (Fsp3) is 0.538. The molecule has 2 saturated heterocycles. The number of hydrogen-bond donors (Lipinski definition) is 7. The zero-order valence-electron chi connectivity index (χ0n) is 21.0. The Balaban J connectivity index is 1.53. The lowest BCUT2D eigenvalue weighted by Crippen LogP contribution is -2.60. The molecule has 38 heavy (non-hydrogen) atoms. The van der Waals surface area contributed by atoms with Crippen LogP contribution in [-0.2, 0) is 15.9 Å². The van der Waals surface area contributed by atoms with E-state index < -0.39 is 54.9 Å². The number of aliphatic hydroxyl groups is 6. The molecular weight excluding hydrogens is 504 g/mol. The molecule has 0 saturated carbocycles. The first-order chi connectivity index (χ1) is 18.1. The third-order valence-electron chi connectivity index (χ3n) is 7.13. The number of aliphatic hydroxyl groups excluding tert-OH is 5. The van der Waals surface area contributed by atoms with Crippen molar-refractivity contribution in [2.75, 3.05) is 34.0 Å². The summed E-state index contributed by atoms with van der Waals surface area (Å²) in [5.74, 6) is -0.101. The molecule has 2 aromatic rings. The Labute approximate surface area is 219 Å². The van der Waals surface area contributed by atoms with E-state index in [9.17, 15) is 35.7 Å². The summed E-state index contributed by atoms with van der Waals surface area (Å²) in [5, 5.41) is 71.2. The van der Waals surface area contributed by atoms with Gasteiger partial charge in [0.1, 0.15) is 24.4 Å². The normalized spacial score (nSPS) is 33.2. The molecule has 7 N–H and O–H groups in total. The van der Waals surface area contributed by atoms with Gasteiger partial charge < -0.3 is 59.4 Å². The number of benzene rings is 2. The number of hydrogen-bond acceptors (Lipinski definition) is 12. The van der Waals surface area contributed by atoms with E-state index in [4.69, 9.17) is 23.7 Å². The summed E-state index contributed by atoms with van der Waals surface area (Å²) in [7, 11) is 2.82. The summed E-state index contributed by atoms with van der Waals surface area (Å²) in [6, 6.07) is 9.51. The smallest absolute Gasteiger partial charge is 0.229 e.